The van der Waals surface area contributed by atoms with Crippen molar-refractivity contribution in [3.8, 4) is 0 Å². The van der Waals surface area contributed by atoms with Gasteiger partial charge in [0.05, 0.1) is 7.11 Å². The van der Waals surface area contributed by atoms with E-state index in [1.165, 1.54) is 7.11 Å². The Labute approximate surface area is 120 Å². The first-order valence-corrected chi connectivity index (χ1v) is 7.38. The molecule has 2 rings (SSSR count). The molecule has 20 heavy (non-hydrogen) atoms. The van der Waals surface area contributed by atoms with Crippen molar-refractivity contribution in [3.63, 3.8) is 0 Å². The second-order valence-electron chi connectivity index (χ2n) is 6.89. The number of carbonyl (C=O) groups excluding carboxylic acids is 2. The zero-order chi connectivity index (χ0) is 14.9. The maximum atomic E-state index is 12.3. The minimum atomic E-state index is -0.459. The lowest BCUT2D eigenvalue weighted by Crippen LogP contribution is -2.48. The van der Waals surface area contributed by atoms with Gasteiger partial charge in [-0.05, 0) is 52.4 Å². The molecule has 2 fully saturated rings. The Balaban J connectivity index is 1.96. The van der Waals surface area contributed by atoms with Crippen LogP contribution in [0.5, 0.6) is 0 Å². The van der Waals surface area contributed by atoms with E-state index < -0.39 is 5.60 Å². The van der Waals surface area contributed by atoms with Gasteiger partial charge < -0.3 is 14.4 Å². The summed E-state index contributed by atoms with van der Waals surface area (Å²) in [5.74, 6) is 0.179. The summed E-state index contributed by atoms with van der Waals surface area (Å²) < 4.78 is 10.2. The largest absolute Gasteiger partial charge is 0.469 e. The SMILES string of the molecule is COC(=O)CC1C[C@H]2CC[C@@H](C1)N2C(=O)OC(C)(C)C. The van der Waals surface area contributed by atoms with Gasteiger partial charge in [0.25, 0.3) is 0 Å². The van der Waals surface area contributed by atoms with Gasteiger partial charge in [-0.25, -0.2) is 4.79 Å². The van der Waals surface area contributed by atoms with E-state index in [0.717, 1.165) is 25.7 Å². The van der Waals surface area contributed by atoms with Crippen molar-refractivity contribution in [2.75, 3.05) is 7.11 Å². The van der Waals surface area contributed by atoms with Gasteiger partial charge >= 0.3 is 12.1 Å². The molecule has 0 N–H and O–H groups in total. The van der Waals surface area contributed by atoms with Crippen LogP contribution in [0.15, 0.2) is 0 Å². The Bertz CT molecular complexity index is 374. The predicted octanol–water partition coefficient (Wildman–Crippen LogP) is 2.73. The van der Waals surface area contributed by atoms with Crippen LogP contribution in [0.2, 0.25) is 0 Å². The van der Waals surface area contributed by atoms with Crippen LogP contribution in [0.1, 0.15) is 52.9 Å². The minimum absolute atomic E-state index is 0.153. The molecule has 3 atom stereocenters. The Hall–Kier alpha value is -1.26. The number of nitrogens with zero attached hydrogens (tertiary/aromatic N) is 1. The molecule has 5 heteroatoms. The summed E-state index contributed by atoms with van der Waals surface area (Å²) in [7, 11) is 1.42. The van der Waals surface area contributed by atoms with Crippen LogP contribution in [0.3, 0.4) is 0 Å². The highest BCUT2D eigenvalue weighted by Gasteiger charge is 2.45. The number of piperidine rings is 1. The summed E-state index contributed by atoms with van der Waals surface area (Å²) in [6.45, 7) is 5.66. The Morgan fingerprint density at radius 3 is 2.15 bits per heavy atom. The van der Waals surface area contributed by atoms with Crippen LogP contribution in [-0.4, -0.2) is 41.8 Å². The first-order chi connectivity index (χ1) is 9.30. The Morgan fingerprint density at radius 2 is 1.70 bits per heavy atom. The van der Waals surface area contributed by atoms with Crippen molar-refractivity contribution >= 4 is 12.1 Å². The number of fused-ring (bicyclic) bond motifs is 2. The molecule has 0 saturated carbocycles. The molecule has 2 aliphatic heterocycles. The van der Waals surface area contributed by atoms with Gasteiger partial charge in [0.2, 0.25) is 0 Å². The molecule has 0 aromatic carbocycles. The Kier molecular flexibility index (Phi) is 4.25. The zero-order valence-corrected chi connectivity index (χ0v) is 12.8. The fraction of sp³-hybridized carbons (Fsp3) is 0.867. The van der Waals surface area contributed by atoms with E-state index in [9.17, 15) is 9.59 Å². The summed E-state index contributed by atoms with van der Waals surface area (Å²) in [6, 6.07) is 0.441. The van der Waals surface area contributed by atoms with Gasteiger partial charge in [-0.1, -0.05) is 0 Å². The molecular formula is C15H25NO4. The van der Waals surface area contributed by atoms with Crippen molar-refractivity contribution < 1.29 is 19.1 Å². The van der Waals surface area contributed by atoms with Crippen LogP contribution < -0.4 is 0 Å². The first kappa shape index (κ1) is 15.1. The maximum absolute atomic E-state index is 12.3. The number of methoxy groups -OCH3 is 1. The van der Waals surface area contributed by atoms with E-state index in [1.54, 1.807) is 0 Å². The number of rotatable bonds is 2. The second-order valence-corrected chi connectivity index (χ2v) is 6.89. The van der Waals surface area contributed by atoms with E-state index in [1.807, 2.05) is 25.7 Å². The third-order valence-corrected chi connectivity index (χ3v) is 4.12. The smallest absolute Gasteiger partial charge is 0.410 e. The first-order valence-electron chi connectivity index (χ1n) is 7.38. The molecule has 2 saturated heterocycles. The standard InChI is InChI=1S/C15H25NO4/c1-15(2,3)20-14(18)16-11-5-6-12(16)8-10(7-11)9-13(17)19-4/h10-12H,5-9H2,1-4H3/t10?,11-,12+. The average Bonchev–Trinajstić information content (AvgIpc) is 2.59. The topological polar surface area (TPSA) is 55.8 Å². The average molecular weight is 283 g/mol. The van der Waals surface area contributed by atoms with Crippen molar-refractivity contribution in [1.82, 2.24) is 4.90 Å². The predicted molar refractivity (Wildman–Crippen MR) is 74.2 cm³/mol. The third-order valence-electron chi connectivity index (χ3n) is 4.12. The highest BCUT2D eigenvalue weighted by molar-refractivity contribution is 5.71. The lowest BCUT2D eigenvalue weighted by Gasteiger charge is -2.39. The number of carbonyl (C=O) groups is 2. The molecule has 0 aromatic heterocycles. The normalized spacial score (nSPS) is 29.2. The number of amides is 1. The summed E-state index contributed by atoms with van der Waals surface area (Å²) >= 11 is 0. The van der Waals surface area contributed by atoms with Crippen LogP contribution in [-0.2, 0) is 14.3 Å². The molecule has 2 heterocycles. The van der Waals surface area contributed by atoms with Crippen molar-refractivity contribution in [1.29, 1.82) is 0 Å². The van der Waals surface area contributed by atoms with Crippen LogP contribution in [0.4, 0.5) is 4.79 Å². The number of hydrogen-bond acceptors (Lipinski definition) is 4. The van der Waals surface area contributed by atoms with Gasteiger partial charge in [-0.3, -0.25) is 4.79 Å². The summed E-state index contributed by atoms with van der Waals surface area (Å²) in [5, 5.41) is 0. The van der Waals surface area contributed by atoms with Crippen molar-refractivity contribution in [2.24, 2.45) is 5.92 Å². The minimum Gasteiger partial charge on any atom is -0.469 e. The fourth-order valence-electron chi connectivity index (χ4n) is 3.39. The number of hydrogen-bond donors (Lipinski definition) is 0. The van der Waals surface area contributed by atoms with Crippen LogP contribution in [0, 0.1) is 5.92 Å². The number of esters is 1. The van der Waals surface area contributed by atoms with Crippen molar-refractivity contribution in [3.05, 3.63) is 0 Å². The van der Waals surface area contributed by atoms with E-state index in [0.29, 0.717) is 12.3 Å². The lowest BCUT2D eigenvalue weighted by atomic mass is 9.88. The monoisotopic (exact) mass is 283 g/mol. The quantitative estimate of drug-likeness (QED) is 0.731. The molecule has 0 aliphatic carbocycles. The molecule has 0 aromatic rings. The fourth-order valence-corrected chi connectivity index (χ4v) is 3.39. The molecule has 0 radical (unpaired) electrons. The maximum Gasteiger partial charge on any atom is 0.410 e. The van der Waals surface area contributed by atoms with Gasteiger partial charge in [-0.2, -0.15) is 0 Å². The van der Waals surface area contributed by atoms with Crippen LogP contribution in [0.25, 0.3) is 0 Å². The molecular weight excluding hydrogens is 258 g/mol. The molecule has 114 valence electrons. The highest BCUT2D eigenvalue weighted by atomic mass is 16.6. The molecule has 2 bridgehead atoms. The van der Waals surface area contributed by atoms with Crippen LogP contribution >= 0.6 is 0 Å². The van der Waals surface area contributed by atoms with E-state index in [-0.39, 0.29) is 24.1 Å². The zero-order valence-electron chi connectivity index (χ0n) is 12.8. The molecule has 1 unspecified atom stereocenters. The van der Waals surface area contributed by atoms with E-state index >= 15 is 0 Å². The third kappa shape index (κ3) is 3.44. The highest BCUT2D eigenvalue weighted by Crippen LogP contribution is 2.40. The summed E-state index contributed by atoms with van der Waals surface area (Å²) in [4.78, 5) is 25.6. The molecule has 5 nitrogen and oxygen atoms in total. The summed E-state index contributed by atoms with van der Waals surface area (Å²) in [5.41, 5.74) is -0.459. The van der Waals surface area contributed by atoms with Crippen molar-refractivity contribution in [2.45, 2.75) is 70.6 Å². The van der Waals surface area contributed by atoms with Gasteiger partial charge in [-0.15, -0.1) is 0 Å². The summed E-state index contributed by atoms with van der Waals surface area (Å²) in [6.07, 6.45) is 4.05. The second kappa shape index (κ2) is 5.62. The molecule has 1 amide bonds. The van der Waals surface area contributed by atoms with Gasteiger partial charge in [0, 0.05) is 18.5 Å². The van der Waals surface area contributed by atoms with E-state index in [4.69, 9.17) is 9.47 Å². The molecule has 0 spiro atoms. The van der Waals surface area contributed by atoms with Gasteiger partial charge in [0.1, 0.15) is 5.60 Å². The lowest BCUT2D eigenvalue weighted by molar-refractivity contribution is -0.142. The van der Waals surface area contributed by atoms with Gasteiger partial charge in [0.15, 0.2) is 0 Å². The van der Waals surface area contributed by atoms with E-state index in [2.05, 4.69) is 0 Å². The number of ether oxygens (including phenoxy) is 2. The Morgan fingerprint density at radius 1 is 1.15 bits per heavy atom. The molecule has 2 aliphatic rings.